The van der Waals surface area contributed by atoms with Gasteiger partial charge < -0.3 is 14.4 Å². The van der Waals surface area contributed by atoms with E-state index in [1.807, 2.05) is 18.7 Å². The third kappa shape index (κ3) is 2.65. The summed E-state index contributed by atoms with van der Waals surface area (Å²) >= 11 is 0. The number of fused-ring (bicyclic) bond motifs is 1. The van der Waals surface area contributed by atoms with Gasteiger partial charge in [-0.1, -0.05) is 6.92 Å². The van der Waals surface area contributed by atoms with Gasteiger partial charge in [0.1, 0.15) is 0 Å². The summed E-state index contributed by atoms with van der Waals surface area (Å²) in [5, 5.41) is 7.27. The maximum atomic E-state index is 12.7. The van der Waals surface area contributed by atoms with Gasteiger partial charge in [0.05, 0.1) is 17.9 Å². The molecule has 0 aliphatic carbocycles. The molecule has 0 saturated carbocycles. The quantitative estimate of drug-likeness (QED) is 0.923. The zero-order valence-corrected chi connectivity index (χ0v) is 13.8. The van der Waals surface area contributed by atoms with Crippen molar-refractivity contribution < 1.29 is 14.3 Å². The number of nitrogens with zero attached hydrogens (tertiary/aromatic N) is 2. The van der Waals surface area contributed by atoms with Crippen LogP contribution in [0.25, 0.3) is 0 Å². The third-order valence-electron chi connectivity index (χ3n) is 4.78. The highest BCUT2D eigenvalue weighted by Gasteiger charge is 2.42. The number of aromatic nitrogens is 2. The largest absolute Gasteiger partial charge is 0.385 e. The van der Waals surface area contributed by atoms with E-state index >= 15 is 0 Å². The number of carbonyl (C=O) groups is 1. The molecule has 122 valence electrons. The molecule has 0 bridgehead atoms. The van der Waals surface area contributed by atoms with Gasteiger partial charge in [0.25, 0.3) is 5.91 Å². The number of nitrogens with one attached hydrogen (secondary N) is 1. The third-order valence-corrected chi connectivity index (χ3v) is 4.78. The fourth-order valence-electron chi connectivity index (χ4n) is 3.53. The first-order valence-electron chi connectivity index (χ1n) is 7.94. The summed E-state index contributed by atoms with van der Waals surface area (Å²) in [7, 11) is 1.71. The van der Waals surface area contributed by atoms with Gasteiger partial charge in [-0.05, 0) is 20.3 Å². The van der Waals surface area contributed by atoms with Crippen LogP contribution in [0.2, 0.25) is 0 Å². The predicted molar refractivity (Wildman–Crippen MR) is 81.8 cm³/mol. The molecule has 1 saturated heterocycles. The number of hydrogen-bond acceptors (Lipinski definition) is 4. The minimum Gasteiger partial charge on any atom is -0.385 e. The average Bonchev–Trinajstić information content (AvgIpc) is 2.85. The van der Waals surface area contributed by atoms with Crippen LogP contribution in [0.5, 0.6) is 0 Å². The molecule has 2 atom stereocenters. The fraction of sp³-hybridized carbons (Fsp3) is 0.750. The summed E-state index contributed by atoms with van der Waals surface area (Å²) in [5.41, 5.74) is 2.72. The van der Waals surface area contributed by atoms with Crippen LogP contribution in [0.15, 0.2) is 0 Å². The molecule has 1 N–H and O–H groups in total. The predicted octanol–water partition coefficient (Wildman–Crippen LogP) is 1.93. The Bertz CT molecular complexity index is 563. The van der Waals surface area contributed by atoms with E-state index in [1.165, 1.54) is 0 Å². The SMILES string of the molecule is COCCC1(C)CN(C(=O)c2n[nH]c3c2C[C@H](C)O[C@@H]3C)C1. The molecule has 2 aliphatic rings. The second-order valence-corrected chi connectivity index (χ2v) is 6.97. The number of aromatic amines is 1. The van der Waals surface area contributed by atoms with E-state index in [0.29, 0.717) is 5.69 Å². The molecular formula is C16H25N3O3. The number of amides is 1. The van der Waals surface area contributed by atoms with Crippen LogP contribution in [0.3, 0.4) is 0 Å². The number of hydrogen-bond donors (Lipinski definition) is 1. The average molecular weight is 307 g/mol. The highest BCUT2D eigenvalue weighted by Crippen LogP contribution is 2.36. The molecule has 0 aromatic carbocycles. The molecule has 22 heavy (non-hydrogen) atoms. The molecule has 6 nitrogen and oxygen atoms in total. The molecule has 1 amide bonds. The van der Waals surface area contributed by atoms with Crippen LogP contribution in [0.4, 0.5) is 0 Å². The van der Waals surface area contributed by atoms with E-state index in [2.05, 4.69) is 17.1 Å². The highest BCUT2D eigenvalue weighted by molar-refractivity contribution is 5.94. The van der Waals surface area contributed by atoms with Crippen molar-refractivity contribution >= 4 is 5.91 Å². The van der Waals surface area contributed by atoms with Crippen molar-refractivity contribution in [2.45, 2.75) is 45.8 Å². The lowest BCUT2D eigenvalue weighted by molar-refractivity contribution is -0.00825. The van der Waals surface area contributed by atoms with Crippen molar-refractivity contribution in [3.05, 3.63) is 17.0 Å². The summed E-state index contributed by atoms with van der Waals surface area (Å²) in [5.74, 6) is 0.0358. The first kappa shape index (κ1) is 15.5. The second kappa shape index (κ2) is 5.66. The summed E-state index contributed by atoms with van der Waals surface area (Å²) in [6.45, 7) is 8.52. The Morgan fingerprint density at radius 2 is 2.23 bits per heavy atom. The van der Waals surface area contributed by atoms with Crippen molar-refractivity contribution in [3.63, 3.8) is 0 Å². The Morgan fingerprint density at radius 1 is 1.50 bits per heavy atom. The van der Waals surface area contributed by atoms with Crippen LogP contribution >= 0.6 is 0 Å². The number of rotatable bonds is 4. The van der Waals surface area contributed by atoms with Crippen molar-refractivity contribution in [2.75, 3.05) is 26.8 Å². The molecule has 1 fully saturated rings. The molecule has 0 spiro atoms. The lowest BCUT2D eigenvalue weighted by Crippen LogP contribution is -2.57. The van der Waals surface area contributed by atoms with Gasteiger partial charge >= 0.3 is 0 Å². The van der Waals surface area contributed by atoms with Crippen molar-refractivity contribution in [2.24, 2.45) is 5.41 Å². The molecule has 1 aromatic rings. The Hall–Kier alpha value is -1.40. The number of methoxy groups -OCH3 is 1. The minimum atomic E-state index is -0.0313. The summed E-state index contributed by atoms with van der Waals surface area (Å²) in [6.07, 6.45) is 1.81. The van der Waals surface area contributed by atoms with E-state index in [9.17, 15) is 4.79 Å². The fourth-order valence-corrected chi connectivity index (χ4v) is 3.53. The molecule has 3 rings (SSSR count). The van der Waals surface area contributed by atoms with Crippen LogP contribution in [-0.4, -0.2) is 53.9 Å². The van der Waals surface area contributed by atoms with Gasteiger partial charge in [-0.2, -0.15) is 5.10 Å². The maximum Gasteiger partial charge on any atom is 0.274 e. The first-order chi connectivity index (χ1) is 10.4. The number of carbonyl (C=O) groups excluding carboxylic acids is 1. The summed E-state index contributed by atoms with van der Waals surface area (Å²) in [4.78, 5) is 14.6. The Morgan fingerprint density at radius 3 is 2.91 bits per heavy atom. The normalized spacial score (nSPS) is 26.5. The van der Waals surface area contributed by atoms with Gasteiger partial charge in [-0.25, -0.2) is 0 Å². The second-order valence-electron chi connectivity index (χ2n) is 6.97. The van der Waals surface area contributed by atoms with Crippen molar-refractivity contribution in [1.29, 1.82) is 0 Å². The van der Waals surface area contributed by atoms with E-state index in [1.54, 1.807) is 7.11 Å². The van der Waals surface area contributed by atoms with E-state index in [-0.39, 0.29) is 23.5 Å². The maximum absolute atomic E-state index is 12.7. The number of likely N-dealkylation sites (tertiary alicyclic amines) is 1. The minimum absolute atomic E-state index is 0.0313. The lowest BCUT2D eigenvalue weighted by Gasteiger charge is -2.48. The molecule has 6 heteroatoms. The van der Waals surface area contributed by atoms with Crippen LogP contribution in [0.1, 0.15) is 55.0 Å². The number of ether oxygens (including phenoxy) is 2. The standard InChI is InChI=1S/C16H25N3O3/c1-10-7-12-13(11(2)22-10)17-18-14(12)15(20)19-8-16(3,9-19)5-6-21-4/h10-11H,5-9H2,1-4H3,(H,17,18)/t10-,11+/m0/s1. The van der Waals surface area contributed by atoms with E-state index in [4.69, 9.17) is 9.47 Å². The van der Waals surface area contributed by atoms with Crippen LogP contribution in [0, 0.1) is 5.41 Å². The number of H-pyrrole nitrogens is 1. The van der Waals surface area contributed by atoms with Gasteiger partial charge in [-0.15, -0.1) is 0 Å². The van der Waals surface area contributed by atoms with Crippen molar-refractivity contribution in [1.82, 2.24) is 15.1 Å². The molecule has 0 radical (unpaired) electrons. The van der Waals surface area contributed by atoms with Crippen molar-refractivity contribution in [3.8, 4) is 0 Å². The topological polar surface area (TPSA) is 67.5 Å². The van der Waals surface area contributed by atoms with Gasteiger partial charge in [0.15, 0.2) is 5.69 Å². The van der Waals surface area contributed by atoms with Gasteiger partial charge in [-0.3, -0.25) is 9.89 Å². The van der Waals surface area contributed by atoms with Gasteiger partial charge in [0, 0.05) is 44.2 Å². The molecular weight excluding hydrogens is 282 g/mol. The zero-order chi connectivity index (χ0) is 15.9. The Labute approximate surface area is 131 Å². The van der Waals surface area contributed by atoms with Crippen LogP contribution in [-0.2, 0) is 15.9 Å². The first-order valence-corrected chi connectivity index (χ1v) is 7.94. The highest BCUT2D eigenvalue weighted by atomic mass is 16.5. The smallest absolute Gasteiger partial charge is 0.274 e. The lowest BCUT2D eigenvalue weighted by atomic mass is 9.79. The molecule has 1 aromatic heterocycles. The summed E-state index contributed by atoms with van der Waals surface area (Å²) in [6, 6.07) is 0. The Kier molecular flexibility index (Phi) is 3.99. The molecule has 3 heterocycles. The van der Waals surface area contributed by atoms with Gasteiger partial charge in [0.2, 0.25) is 0 Å². The zero-order valence-electron chi connectivity index (χ0n) is 13.8. The summed E-state index contributed by atoms with van der Waals surface area (Å²) < 4.78 is 10.9. The van der Waals surface area contributed by atoms with E-state index < -0.39 is 0 Å². The molecule has 0 unspecified atom stereocenters. The molecule has 2 aliphatic heterocycles. The Balaban J connectivity index is 1.70. The van der Waals surface area contributed by atoms with E-state index in [0.717, 1.165) is 43.8 Å². The van der Waals surface area contributed by atoms with Crippen LogP contribution < -0.4 is 0 Å². The monoisotopic (exact) mass is 307 g/mol.